The maximum absolute atomic E-state index is 2.47. The van der Waals surface area contributed by atoms with Gasteiger partial charge >= 0.3 is 0 Å². The molecular weight excluding hydrogens is 314 g/mol. The fraction of sp³-hybridized carbons (Fsp3) is 0.120. The van der Waals surface area contributed by atoms with Crippen LogP contribution in [0.25, 0.3) is 10.8 Å². The second-order valence-corrected chi connectivity index (χ2v) is 7.09. The zero-order valence-corrected chi connectivity index (χ0v) is 14.9. The smallest absolute Gasteiger partial charge is 0.0540 e. The first-order valence-corrected chi connectivity index (χ1v) is 9.26. The normalized spacial score (nSPS) is 13.2. The largest absolute Gasteiger partial charge is 0.309 e. The summed E-state index contributed by atoms with van der Waals surface area (Å²) in [7, 11) is 0. The van der Waals surface area contributed by atoms with Crippen LogP contribution < -0.4 is 4.90 Å². The molecule has 0 atom stereocenters. The lowest BCUT2D eigenvalue weighted by molar-refractivity contribution is 0.977. The lowest BCUT2D eigenvalue weighted by Gasteiger charge is -2.28. The van der Waals surface area contributed by atoms with Crippen molar-refractivity contribution < 1.29 is 0 Å². The number of rotatable bonds is 1. The van der Waals surface area contributed by atoms with E-state index in [4.69, 9.17) is 0 Å². The third-order valence-electron chi connectivity index (χ3n) is 5.39. The predicted octanol–water partition coefficient (Wildman–Crippen LogP) is 6.72. The second-order valence-electron chi connectivity index (χ2n) is 7.09. The maximum Gasteiger partial charge on any atom is 0.0540 e. The molecule has 26 heavy (non-hydrogen) atoms. The third kappa shape index (κ3) is 2.40. The van der Waals surface area contributed by atoms with E-state index >= 15 is 0 Å². The van der Waals surface area contributed by atoms with E-state index in [1.54, 1.807) is 0 Å². The molecule has 0 saturated carbocycles. The second kappa shape index (κ2) is 6.03. The summed E-state index contributed by atoms with van der Waals surface area (Å²) in [4.78, 5) is 2.47. The van der Waals surface area contributed by atoms with Crippen molar-refractivity contribution in [2.24, 2.45) is 0 Å². The van der Waals surface area contributed by atoms with Gasteiger partial charge in [-0.3, -0.25) is 0 Å². The van der Waals surface area contributed by atoms with Gasteiger partial charge in [0.25, 0.3) is 0 Å². The van der Waals surface area contributed by atoms with Crippen molar-refractivity contribution in [1.82, 2.24) is 0 Å². The van der Waals surface area contributed by atoms with Crippen LogP contribution in [0.4, 0.5) is 17.1 Å². The molecule has 0 saturated heterocycles. The van der Waals surface area contributed by atoms with Crippen LogP contribution in [0.3, 0.4) is 0 Å². The number of benzene rings is 4. The Morgan fingerprint density at radius 3 is 2.23 bits per heavy atom. The first-order valence-electron chi connectivity index (χ1n) is 9.26. The highest BCUT2D eigenvalue weighted by Gasteiger charge is 2.23. The molecule has 0 radical (unpaired) electrons. The number of hydrogen-bond donors (Lipinski definition) is 0. The molecule has 0 fully saturated rings. The summed E-state index contributed by atoms with van der Waals surface area (Å²) in [6.07, 6.45) is 2.15. The molecule has 1 nitrogen and oxygen atoms in total. The zero-order chi connectivity index (χ0) is 17.5. The minimum Gasteiger partial charge on any atom is -0.309 e. The van der Waals surface area contributed by atoms with Gasteiger partial charge in [-0.1, -0.05) is 66.7 Å². The van der Waals surface area contributed by atoms with E-state index in [9.17, 15) is 0 Å². The molecule has 1 aliphatic heterocycles. The molecule has 0 N–H and O–H groups in total. The summed E-state index contributed by atoms with van der Waals surface area (Å²) in [5, 5.41) is 2.57. The van der Waals surface area contributed by atoms with E-state index in [1.807, 2.05) is 0 Å². The van der Waals surface area contributed by atoms with Crippen LogP contribution in [0.1, 0.15) is 16.7 Å². The molecule has 0 amide bonds. The first-order chi connectivity index (χ1) is 12.8. The lowest BCUT2D eigenvalue weighted by Crippen LogP contribution is -2.12. The van der Waals surface area contributed by atoms with Crippen molar-refractivity contribution in [1.29, 1.82) is 0 Å². The van der Waals surface area contributed by atoms with Gasteiger partial charge in [0.15, 0.2) is 0 Å². The van der Waals surface area contributed by atoms with Gasteiger partial charge in [0, 0.05) is 16.8 Å². The number of hydrogen-bond acceptors (Lipinski definition) is 1. The highest BCUT2D eigenvalue weighted by atomic mass is 15.1. The molecule has 1 heteroatoms. The highest BCUT2D eigenvalue weighted by molar-refractivity contribution is 5.99. The van der Waals surface area contributed by atoms with Crippen LogP contribution in [0.15, 0.2) is 84.9 Å². The van der Waals surface area contributed by atoms with Gasteiger partial charge in [0.05, 0.1) is 5.69 Å². The quantitative estimate of drug-likeness (QED) is 0.373. The number of fused-ring (bicyclic) bond motifs is 3. The van der Waals surface area contributed by atoms with Gasteiger partial charge in [-0.2, -0.15) is 0 Å². The van der Waals surface area contributed by atoms with Crippen molar-refractivity contribution in [2.75, 3.05) is 4.90 Å². The van der Waals surface area contributed by atoms with Gasteiger partial charge in [-0.25, -0.2) is 0 Å². The third-order valence-corrected chi connectivity index (χ3v) is 5.39. The van der Waals surface area contributed by atoms with Crippen molar-refractivity contribution in [2.45, 2.75) is 19.8 Å². The summed E-state index contributed by atoms with van der Waals surface area (Å²) in [5.74, 6) is 0. The van der Waals surface area contributed by atoms with E-state index < -0.39 is 0 Å². The van der Waals surface area contributed by atoms with Crippen LogP contribution in [0, 0.1) is 6.92 Å². The zero-order valence-electron chi connectivity index (χ0n) is 14.9. The summed E-state index contributed by atoms with van der Waals surface area (Å²) in [6.45, 7) is 2.18. The fourth-order valence-electron chi connectivity index (χ4n) is 4.10. The van der Waals surface area contributed by atoms with Gasteiger partial charge in [0.2, 0.25) is 0 Å². The lowest BCUT2D eigenvalue weighted by atomic mass is 10.0. The SMILES string of the molecule is Cc1ccc2c(c1)N(c1cccc3ccccc13)c1ccccc1CC2. The highest BCUT2D eigenvalue weighted by Crippen LogP contribution is 2.44. The summed E-state index contributed by atoms with van der Waals surface area (Å²) < 4.78 is 0. The summed E-state index contributed by atoms with van der Waals surface area (Å²) in [6, 6.07) is 31.0. The molecule has 1 heterocycles. The molecule has 0 unspecified atom stereocenters. The number of aryl methyl sites for hydroxylation is 3. The average molecular weight is 335 g/mol. The summed E-state index contributed by atoms with van der Waals surface area (Å²) in [5.41, 5.74) is 7.99. The Kier molecular flexibility index (Phi) is 3.53. The Balaban J connectivity index is 1.86. The Hall–Kier alpha value is -3.06. The molecule has 126 valence electrons. The molecule has 0 aliphatic carbocycles. The molecule has 4 aromatic rings. The minimum atomic E-state index is 1.08. The van der Waals surface area contributed by atoms with Crippen LogP contribution in [0.2, 0.25) is 0 Å². The Morgan fingerprint density at radius 2 is 1.31 bits per heavy atom. The first kappa shape index (κ1) is 15.2. The van der Waals surface area contributed by atoms with Gasteiger partial charge in [-0.15, -0.1) is 0 Å². The van der Waals surface area contributed by atoms with Crippen molar-refractivity contribution in [3.63, 3.8) is 0 Å². The van der Waals surface area contributed by atoms with Crippen LogP contribution in [0.5, 0.6) is 0 Å². The molecular formula is C25H21N. The fourth-order valence-corrected chi connectivity index (χ4v) is 4.10. The Bertz CT molecular complexity index is 1100. The van der Waals surface area contributed by atoms with E-state index in [-0.39, 0.29) is 0 Å². The van der Waals surface area contributed by atoms with Crippen LogP contribution in [-0.2, 0) is 12.8 Å². The molecule has 1 aliphatic rings. The Morgan fingerprint density at radius 1 is 0.615 bits per heavy atom. The molecule has 5 rings (SSSR count). The number of anilines is 3. The average Bonchev–Trinajstić information content (AvgIpc) is 2.84. The van der Waals surface area contributed by atoms with E-state index in [0.29, 0.717) is 0 Å². The van der Waals surface area contributed by atoms with Gasteiger partial charge in [0.1, 0.15) is 0 Å². The Labute approximate surface area is 154 Å². The monoisotopic (exact) mass is 335 g/mol. The van der Waals surface area contributed by atoms with E-state index in [2.05, 4.69) is 96.8 Å². The van der Waals surface area contributed by atoms with Crippen molar-refractivity contribution >= 4 is 27.8 Å². The molecule has 4 aromatic carbocycles. The maximum atomic E-state index is 2.47. The standard InChI is InChI=1S/C25H21N/c1-18-13-14-21-16-15-20-8-3-5-11-23(20)26(25(21)17-18)24-12-6-9-19-7-2-4-10-22(19)24/h2-14,17H,15-16H2,1H3. The van der Waals surface area contributed by atoms with Gasteiger partial charge < -0.3 is 4.90 Å². The van der Waals surface area contributed by atoms with Crippen LogP contribution in [-0.4, -0.2) is 0 Å². The number of nitrogens with zero attached hydrogens (tertiary/aromatic N) is 1. The van der Waals surface area contributed by atoms with Crippen molar-refractivity contribution in [3.05, 3.63) is 102 Å². The van der Waals surface area contributed by atoms with Gasteiger partial charge in [-0.05, 0) is 60.0 Å². The van der Waals surface area contributed by atoms with E-state index in [0.717, 1.165) is 12.8 Å². The molecule has 0 spiro atoms. The van der Waals surface area contributed by atoms with Crippen LogP contribution >= 0.6 is 0 Å². The molecule has 0 aromatic heterocycles. The number of para-hydroxylation sites is 1. The van der Waals surface area contributed by atoms with Crippen molar-refractivity contribution in [3.8, 4) is 0 Å². The minimum absolute atomic E-state index is 1.08. The summed E-state index contributed by atoms with van der Waals surface area (Å²) >= 11 is 0. The molecule has 0 bridgehead atoms. The predicted molar refractivity (Wildman–Crippen MR) is 111 cm³/mol. The van der Waals surface area contributed by atoms with E-state index in [1.165, 1.54) is 44.5 Å². The topological polar surface area (TPSA) is 3.24 Å².